The van der Waals surface area contributed by atoms with E-state index in [9.17, 15) is 18.0 Å². The molecule has 0 fully saturated rings. The normalized spacial score (nSPS) is 15.5. The Labute approximate surface area is 182 Å². The Hall–Kier alpha value is -3.17. The summed E-state index contributed by atoms with van der Waals surface area (Å²) >= 11 is 0. The standard InChI is InChI=1S/C22H25N3O5S/c1-15(26)25-12-11-16-7-5-6-8-18(16)20(25)14-22(27)23-19-13-17(9-10-21(19)30-4)31(28,29)24(2)3/h5-13,20H,14H2,1-4H3,(H,23,27). The number of carbonyl (C=O) groups excluding carboxylic acids is 2. The number of rotatable bonds is 6. The molecule has 1 unspecified atom stereocenters. The molecule has 1 aliphatic rings. The number of sulfonamides is 1. The Balaban J connectivity index is 1.89. The lowest BCUT2D eigenvalue weighted by Gasteiger charge is -2.32. The number of amides is 2. The Morgan fingerprint density at radius 2 is 1.87 bits per heavy atom. The number of hydrogen-bond acceptors (Lipinski definition) is 5. The van der Waals surface area contributed by atoms with Gasteiger partial charge in [-0.15, -0.1) is 0 Å². The topological polar surface area (TPSA) is 96.0 Å². The third kappa shape index (κ3) is 4.62. The van der Waals surface area contributed by atoms with Gasteiger partial charge >= 0.3 is 0 Å². The maximum atomic E-state index is 12.9. The highest BCUT2D eigenvalue weighted by molar-refractivity contribution is 7.89. The van der Waals surface area contributed by atoms with Crippen LogP contribution >= 0.6 is 0 Å². The van der Waals surface area contributed by atoms with Crippen molar-refractivity contribution in [3.05, 3.63) is 59.8 Å². The number of methoxy groups -OCH3 is 1. The zero-order chi connectivity index (χ0) is 22.8. The molecule has 0 aromatic heterocycles. The second-order valence-electron chi connectivity index (χ2n) is 7.29. The van der Waals surface area contributed by atoms with Crippen LogP contribution in [0.2, 0.25) is 0 Å². The fourth-order valence-corrected chi connectivity index (χ4v) is 4.37. The molecule has 0 radical (unpaired) electrons. The Morgan fingerprint density at radius 3 is 2.52 bits per heavy atom. The molecule has 0 saturated heterocycles. The molecule has 9 heteroatoms. The minimum Gasteiger partial charge on any atom is -0.495 e. The second kappa shape index (κ2) is 8.91. The van der Waals surface area contributed by atoms with Crippen LogP contribution in [-0.4, -0.2) is 50.6 Å². The molecule has 3 rings (SSSR count). The van der Waals surface area contributed by atoms with Crippen LogP contribution in [0.15, 0.2) is 53.6 Å². The molecule has 2 aromatic rings. The van der Waals surface area contributed by atoms with Crippen molar-refractivity contribution in [1.29, 1.82) is 0 Å². The molecule has 31 heavy (non-hydrogen) atoms. The van der Waals surface area contributed by atoms with Gasteiger partial charge in [0.1, 0.15) is 5.75 Å². The first-order valence-corrected chi connectivity index (χ1v) is 11.1. The minimum absolute atomic E-state index is 0.00521. The van der Waals surface area contributed by atoms with Crippen LogP contribution in [0.3, 0.4) is 0 Å². The lowest BCUT2D eigenvalue weighted by Crippen LogP contribution is -2.33. The Kier molecular flexibility index (Phi) is 6.47. The number of fused-ring (bicyclic) bond motifs is 1. The van der Waals surface area contributed by atoms with Gasteiger partial charge in [-0.25, -0.2) is 12.7 Å². The van der Waals surface area contributed by atoms with Crippen molar-refractivity contribution in [2.75, 3.05) is 26.5 Å². The lowest BCUT2D eigenvalue weighted by atomic mass is 9.93. The average molecular weight is 444 g/mol. The number of ether oxygens (including phenoxy) is 1. The van der Waals surface area contributed by atoms with Gasteiger partial charge in [0.15, 0.2) is 0 Å². The van der Waals surface area contributed by atoms with Crippen LogP contribution < -0.4 is 10.1 Å². The fourth-order valence-electron chi connectivity index (χ4n) is 3.45. The van der Waals surface area contributed by atoms with Crippen LogP contribution in [0.1, 0.15) is 30.5 Å². The van der Waals surface area contributed by atoms with Gasteiger partial charge < -0.3 is 15.0 Å². The second-order valence-corrected chi connectivity index (χ2v) is 9.44. The quantitative estimate of drug-likeness (QED) is 0.741. The molecule has 0 bridgehead atoms. The van der Waals surface area contributed by atoms with Crippen LogP contribution in [-0.2, 0) is 19.6 Å². The van der Waals surface area contributed by atoms with Crippen molar-refractivity contribution in [3.63, 3.8) is 0 Å². The van der Waals surface area contributed by atoms with Crippen LogP contribution in [0.5, 0.6) is 5.75 Å². The molecule has 1 atom stereocenters. The maximum Gasteiger partial charge on any atom is 0.242 e. The zero-order valence-electron chi connectivity index (χ0n) is 17.8. The largest absolute Gasteiger partial charge is 0.495 e. The zero-order valence-corrected chi connectivity index (χ0v) is 18.6. The summed E-state index contributed by atoms with van der Waals surface area (Å²) in [7, 11) is 0.618. The van der Waals surface area contributed by atoms with Crippen molar-refractivity contribution in [1.82, 2.24) is 9.21 Å². The summed E-state index contributed by atoms with van der Waals surface area (Å²) in [4.78, 5) is 26.6. The number of anilines is 1. The van der Waals surface area contributed by atoms with E-state index in [0.29, 0.717) is 5.75 Å². The predicted molar refractivity (Wildman–Crippen MR) is 118 cm³/mol. The SMILES string of the molecule is COc1ccc(S(=O)(=O)N(C)C)cc1NC(=O)CC1c2ccccc2C=CN1C(C)=O. The summed E-state index contributed by atoms with van der Waals surface area (Å²) in [6.07, 6.45) is 3.51. The highest BCUT2D eigenvalue weighted by Gasteiger charge is 2.28. The van der Waals surface area contributed by atoms with Crippen LogP contribution in [0.4, 0.5) is 5.69 Å². The van der Waals surface area contributed by atoms with E-state index in [1.807, 2.05) is 30.3 Å². The molecule has 8 nitrogen and oxygen atoms in total. The predicted octanol–water partition coefficient (Wildman–Crippen LogP) is 2.85. The van der Waals surface area contributed by atoms with Crippen LogP contribution in [0.25, 0.3) is 6.08 Å². The first-order valence-electron chi connectivity index (χ1n) is 9.61. The Morgan fingerprint density at radius 1 is 1.16 bits per heavy atom. The summed E-state index contributed by atoms with van der Waals surface area (Å²) in [6.45, 7) is 1.45. The first-order chi connectivity index (χ1) is 14.6. The summed E-state index contributed by atoms with van der Waals surface area (Å²) < 4.78 is 31.3. The van der Waals surface area contributed by atoms with Gasteiger partial charge in [0.25, 0.3) is 0 Å². The molecule has 1 N–H and O–H groups in total. The van der Waals surface area contributed by atoms with Gasteiger partial charge in [0.05, 0.1) is 30.2 Å². The molecule has 0 aliphatic carbocycles. The van der Waals surface area contributed by atoms with Crippen molar-refractivity contribution in [2.45, 2.75) is 24.3 Å². The van der Waals surface area contributed by atoms with Crippen molar-refractivity contribution < 1.29 is 22.7 Å². The van der Waals surface area contributed by atoms with Gasteiger partial charge in [-0.1, -0.05) is 24.3 Å². The number of carbonyl (C=O) groups is 2. The molecule has 1 heterocycles. The molecule has 164 valence electrons. The molecule has 0 saturated carbocycles. The van der Waals surface area contributed by atoms with E-state index in [4.69, 9.17) is 4.74 Å². The maximum absolute atomic E-state index is 12.9. The first kappa shape index (κ1) is 22.5. The van der Waals surface area contributed by atoms with E-state index in [-0.39, 0.29) is 28.8 Å². The third-order valence-electron chi connectivity index (χ3n) is 5.07. The van der Waals surface area contributed by atoms with Gasteiger partial charge in [0, 0.05) is 27.2 Å². The summed E-state index contributed by atoms with van der Waals surface area (Å²) in [6, 6.07) is 11.4. The van der Waals surface area contributed by atoms with E-state index >= 15 is 0 Å². The average Bonchev–Trinajstić information content (AvgIpc) is 2.73. The van der Waals surface area contributed by atoms with E-state index in [2.05, 4.69) is 5.32 Å². The van der Waals surface area contributed by atoms with E-state index in [0.717, 1.165) is 15.4 Å². The molecular formula is C22H25N3O5S. The van der Waals surface area contributed by atoms with E-state index < -0.39 is 16.1 Å². The van der Waals surface area contributed by atoms with E-state index in [1.165, 1.54) is 51.2 Å². The molecule has 2 amide bonds. The van der Waals surface area contributed by atoms with Crippen molar-refractivity contribution in [3.8, 4) is 5.75 Å². The monoisotopic (exact) mass is 443 g/mol. The van der Waals surface area contributed by atoms with Crippen molar-refractivity contribution >= 4 is 33.6 Å². The van der Waals surface area contributed by atoms with Crippen molar-refractivity contribution in [2.24, 2.45) is 0 Å². The molecule has 0 spiro atoms. The van der Waals surface area contributed by atoms with Gasteiger partial charge in [-0.05, 0) is 35.4 Å². The molecule has 1 aliphatic heterocycles. The molecular weight excluding hydrogens is 418 g/mol. The number of hydrogen-bond donors (Lipinski definition) is 1. The summed E-state index contributed by atoms with van der Waals surface area (Å²) in [5.74, 6) is -0.224. The smallest absolute Gasteiger partial charge is 0.242 e. The highest BCUT2D eigenvalue weighted by atomic mass is 32.2. The summed E-state index contributed by atoms with van der Waals surface area (Å²) in [5, 5.41) is 2.74. The summed E-state index contributed by atoms with van der Waals surface area (Å²) in [5.41, 5.74) is 2.05. The lowest BCUT2D eigenvalue weighted by molar-refractivity contribution is -0.129. The fraction of sp³-hybridized carbons (Fsp3) is 0.273. The third-order valence-corrected chi connectivity index (χ3v) is 6.88. The minimum atomic E-state index is -3.68. The van der Waals surface area contributed by atoms with Gasteiger partial charge in [-0.3, -0.25) is 9.59 Å². The number of benzene rings is 2. The molecule has 2 aromatic carbocycles. The highest BCUT2D eigenvalue weighted by Crippen LogP contribution is 2.34. The van der Waals surface area contributed by atoms with Gasteiger partial charge in [0.2, 0.25) is 21.8 Å². The number of nitrogens with zero attached hydrogens (tertiary/aromatic N) is 2. The van der Waals surface area contributed by atoms with Gasteiger partial charge in [-0.2, -0.15) is 0 Å². The Bertz CT molecular complexity index is 1140. The number of nitrogens with one attached hydrogen (secondary N) is 1. The van der Waals surface area contributed by atoms with Crippen LogP contribution in [0, 0.1) is 0 Å². The van der Waals surface area contributed by atoms with E-state index in [1.54, 1.807) is 6.20 Å².